The molecule has 0 aromatic carbocycles. The number of nitrogens with two attached hydrogens (primary N) is 1. The van der Waals surface area contributed by atoms with Crippen molar-refractivity contribution in [1.82, 2.24) is 4.98 Å². The Balaban J connectivity index is 2.23. The first-order chi connectivity index (χ1) is 9.13. The molecule has 2 N–H and O–H groups in total. The van der Waals surface area contributed by atoms with Crippen LogP contribution in [0.4, 0.5) is 5.82 Å². The number of rotatable bonds is 4. The minimum atomic E-state index is 0.231. The van der Waals surface area contributed by atoms with E-state index in [-0.39, 0.29) is 6.04 Å². The van der Waals surface area contributed by atoms with Gasteiger partial charge in [0.25, 0.3) is 0 Å². The highest BCUT2D eigenvalue weighted by atomic mass is 32.2. The second kappa shape index (κ2) is 6.62. The molecule has 1 fully saturated rings. The molecule has 1 saturated heterocycles. The number of aromatic nitrogens is 1. The lowest BCUT2D eigenvalue weighted by atomic mass is 10.0. The van der Waals surface area contributed by atoms with Crippen LogP contribution in [0.15, 0.2) is 18.3 Å². The van der Waals surface area contributed by atoms with E-state index in [0.29, 0.717) is 11.3 Å². The van der Waals surface area contributed by atoms with Crippen molar-refractivity contribution in [2.45, 2.75) is 50.9 Å². The zero-order valence-electron chi connectivity index (χ0n) is 12.2. The molecule has 3 atom stereocenters. The van der Waals surface area contributed by atoms with Crippen LogP contribution in [0, 0.1) is 0 Å². The van der Waals surface area contributed by atoms with Gasteiger partial charge in [-0.2, -0.15) is 11.8 Å². The Morgan fingerprint density at radius 2 is 2.32 bits per heavy atom. The van der Waals surface area contributed by atoms with E-state index >= 15 is 0 Å². The molecule has 4 heteroatoms. The zero-order valence-corrected chi connectivity index (χ0v) is 13.0. The lowest BCUT2D eigenvalue weighted by Gasteiger charge is -2.39. The summed E-state index contributed by atoms with van der Waals surface area (Å²) in [7, 11) is 0. The van der Waals surface area contributed by atoms with E-state index in [4.69, 9.17) is 5.73 Å². The second-order valence-corrected chi connectivity index (χ2v) is 6.85. The number of pyridine rings is 1. The van der Waals surface area contributed by atoms with Crippen molar-refractivity contribution >= 4 is 17.6 Å². The van der Waals surface area contributed by atoms with Crippen LogP contribution in [0.3, 0.4) is 0 Å². The number of thioether (sulfide) groups is 1. The summed E-state index contributed by atoms with van der Waals surface area (Å²) in [6.07, 6.45) is 3.83. The lowest BCUT2D eigenvalue weighted by Crippen LogP contribution is -2.45. The molecule has 0 amide bonds. The molecule has 1 aliphatic rings. The molecule has 0 saturated carbocycles. The standard InChI is InChI=1S/C15H25N3S/c1-4-14(16)10-13-6-5-7-17-15(13)18-8-9-19-12(3)11(18)2/h5-7,11-12,14H,4,8-10,16H2,1-3H3. The lowest BCUT2D eigenvalue weighted by molar-refractivity contribution is 0.606. The fourth-order valence-corrected chi connectivity index (χ4v) is 3.61. The minimum absolute atomic E-state index is 0.231. The first-order valence-electron chi connectivity index (χ1n) is 7.21. The van der Waals surface area contributed by atoms with Crippen LogP contribution in [0.25, 0.3) is 0 Å². The third kappa shape index (κ3) is 3.42. The van der Waals surface area contributed by atoms with Crippen molar-refractivity contribution in [3.05, 3.63) is 23.9 Å². The molecular formula is C15H25N3S. The SMILES string of the molecule is CCC(N)Cc1cccnc1N1CCSC(C)C1C. The normalized spacial score (nSPS) is 25.4. The van der Waals surface area contributed by atoms with Gasteiger partial charge in [-0.3, -0.25) is 0 Å². The Labute approximate surface area is 121 Å². The van der Waals surface area contributed by atoms with Gasteiger partial charge < -0.3 is 10.6 Å². The highest BCUT2D eigenvalue weighted by Crippen LogP contribution is 2.30. The van der Waals surface area contributed by atoms with E-state index in [1.165, 1.54) is 11.3 Å². The van der Waals surface area contributed by atoms with Gasteiger partial charge in [-0.25, -0.2) is 4.98 Å². The van der Waals surface area contributed by atoms with Crippen LogP contribution in [0.1, 0.15) is 32.8 Å². The Hall–Kier alpha value is -0.740. The van der Waals surface area contributed by atoms with E-state index in [1.54, 1.807) is 0 Å². The van der Waals surface area contributed by atoms with Crippen LogP contribution < -0.4 is 10.6 Å². The van der Waals surface area contributed by atoms with Crippen molar-refractivity contribution in [3.63, 3.8) is 0 Å². The molecule has 19 heavy (non-hydrogen) atoms. The van der Waals surface area contributed by atoms with Gasteiger partial charge in [-0.15, -0.1) is 0 Å². The first-order valence-corrected chi connectivity index (χ1v) is 8.26. The fraction of sp³-hybridized carbons (Fsp3) is 0.667. The molecule has 0 radical (unpaired) electrons. The third-order valence-electron chi connectivity index (χ3n) is 4.03. The molecule has 3 nitrogen and oxygen atoms in total. The summed E-state index contributed by atoms with van der Waals surface area (Å²) in [5.74, 6) is 2.33. The summed E-state index contributed by atoms with van der Waals surface area (Å²) < 4.78 is 0. The molecule has 0 bridgehead atoms. The van der Waals surface area contributed by atoms with Crippen molar-refractivity contribution in [1.29, 1.82) is 0 Å². The number of hydrogen-bond acceptors (Lipinski definition) is 4. The Kier molecular flexibility index (Phi) is 5.11. The van der Waals surface area contributed by atoms with Gasteiger partial charge in [0, 0.05) is 35.8 Å². The molecule has 0 aliphatic carbocycles. The highest BCUT2D eigenvalue weighted by molar-refractivity contribution is 8.00. The largest absolute Gasteiger partial charge is 0.352 e. The van der Waals surface area contributed by atoms with Crippen molar-refractivity contribution in [2.75, 3.05) is 17.2 Å². The van der Waals surface area contributed by atoms with Crippen molar-refractivity contribution in [3.8, 4) is 0 Å². The van der Waals surface area contributed by atoms with Crippen LogP contribution in [-0.2, 0) is 6.42 Å². The van der Waals surface area contributed by atoms with E-state index < -0.39 is 0 Å². The number of nitrogens with zero attached hydrogens (tertiary/aromatic N) is 2. The quantitative estimate of drug-likeness (QED) is 0.920. The highest BCUT2D eigenvalue weighted by Gasteiger charge is 2.27. The number of anilines is 1. The average Bonchev–Trinajstić information content (AvgIpc) is 2.42. The molecule has 0 spiro atoms. The molecule has 2 rings (SSSR count). The molecule has 3 unspecified atom stereocenters. The van der Waals surface area contributed by atoms with Gasteiger partial charge in [0.15, 0.2) is 0 Å². The van der Waals surface area contributed by atoms with Crippen molar-refractivity contribution in [2.24, 2.45) is 5.73 Å². The summed E-state index contributed by atoms with van der Waals surface area (Å²) in [5, 5.41) is 0.656. The summed E-state index contributed by atoms with van der Waals surface area (Å²) in [4.78, 5) is 7.09. The van der Waals surface area contributed by atoms with Gasteiger partial charge in [0.05, 0.1) is 0 Å². The van der Waals surface area contributed by atoms with Gasteiger partial charge in [-0.1, -0.05) is 19.9 Å². The average molecular weight is 279 g/mol. The Morgan fingerprint density at radius 3 is 3.05 bits per heavy atom. The van der Waals surface area contributed by atoms with Gasteiger partial charge in [-0.05, 0) is 31.4 Å². The molecule has 1 aliphatic heterocycles. The summed E-state index contributed by atoms with van der Waals surface area (Å²) in [6, 6.07) is 4.96. The van der Waals surface area contributed by atoms with E-state index in [1.807, 2.05) is 12.3 Å². The third-order valence-corrected chi connectivity index (χ3v) is 5.37. The topological polar surface area (TPSA) is 42.1 Å². The van der Waals surface area contributed by atoms with E-state index in [2.05, 4.69) is 48.5 Å². The predicted octanol–water partition coefficient (Wildman–Crippen LogP) is 2.69. The smallest absolute Gasteiger partial charge is 0.132 e. The number of hydrogen-bond donors (Lipinski definition) is 1. The maximum Gasteiger partial charge on any atom is 0.132 e. The zero-order chi connectivity index (χ0) is 13.8. The second-order valence-electron chi connectivity index (χ2n) is 5.37. The van der Waals surface area contributed by atoms with Crippen LogP contribution in [-0.4, -0.2) is 34.6 Å². The summed E-state index contributed by atoms with van der Waals surface area (Å²) >= 11 is 2.05. The maximum absolute atomic E-state index is 6.11. The molecule has 1 aromatic heterocycles. The summed E-state index contributed by atoms with van der Waals surface area (Å²) in [5.41, 5.74) is 7.41. The first kappa shape index (κ1) is 14.7. The van der Waals surface area contributed by atoms with E-state index in [0.717, 1.165) is 25.2 Å². The van der Waals surface area contributed by atoms with Crippen molar-refractivity contribution < 1.29 is 0 Å². The maximum atomic E-state index is 6.11. The molecule has 1 aromatic rings. The summed E-state index contributed by atoms with van der Waals surface area (Å²) in [6.45, 7) is 7.83. The van der Waals surface area contributed by atoms with Crippen LogP contribution in [0.2, 0.25) is 0 Å². The van der Waals surface area contributed by atoms with Gasteiger partial charge in [0.1, 0.15) is 5.82 Å². The molecule has 2 heterocycles. The molecule has 106 valence electrons. The fourth-order valence-electron chi connectivity index (χ4n) is 2.51. The van der Waals surface area contributed by atoms with Gasteiger partial charge in [0.2, 0.25) is 0 Å². The molecular weight excluding hydrogens is 254 g/mol. The Bertz CT molecular complexity index is 410. The van der Waals surface area contributed by atoms with E-state index in [9.17, 15) is 0 Å². The monoisotopic (exact) mass is 279 g/mol. The van der Waals surface area contributed by atoms with Gasteiger partial charge >= 0.3 is 0 Å². The minimum Gasteiger partial charge on any atom is -0.352 e. The van der Waals surface area contributed by atoms with Crippen LogP contribution >= 0.6 is 11.8 Å². The van der Waals surface area contributed by atoms with Crippen LogP contribution in [0.5, 0.6) is 0 Å². The Morgan fingerprint density at radius 1 is 1.53 bits per heavy atom. The predicted molar refractivity (Wildman–Crippen MR) is 84.9 cm³/mol.